The summed E-state index contributed by atoms with van der Waals surface area (Å²) in [6, 6.07) is 8.35. The minimum absolute atomic E-state index is 0.323. The van der Waals surface area contributed by atoms with Crippen LogP contribution in [0.1, 0.15) is 16.1 Å². The van der Waals surface area contributed by atoms with Crippen molar-refractivity contribution in [2.75, 3.05) is 5.32 Å². The van der Waals surface area contributed by atoms with Crippen LogP contribution < -0.4 is 5.32 Å². The van der Waals surface area contributed by atoms with E-state index in [0.717, 1.165) is 6.08 Å². The van der Waals surface area contributed by atoms with Gasteiger partial charge >= 0.3 is 5.97 Å². The number of carbonyl (C=O) groups is 2. The van der Waals surface area contributed by atoms with Crippen molar-refractivity contribution in [2.45, 2.75) is 0 Å². The summed E-state index contributed by atoms with van der Waals surface area (Å²) in [6.07, 6.45) is 4.00. The molecular weight excluding hydrogens is 280 g/mol. The summed E-state index contributed by atoms with van der Waals surface area (Å²) >= 11 is 5.73. The molecule has 0 saturated carbocycles. The third kappa shape index (κ3) is 3.73. The van der Waals surface area contributed by atoms with Crippen molar-refractivity contribution in [1.29, 1.82) is 0 Å². The number of H-pyrrole nitrogens is 1. The van der Waals surface area contributed by atoms with E-state index in [1.165, 1.54) is 18.3 Å². The van der Waals surface area contributed by atoms with Crippen LogP contribution in [0.2, 0.25) is 5.02 Å². The van der Waals surface area contributed by atoms with Crippen LogP contribution in [0.4, 0.5) is 5.69 Å². The highest BCUT2D eigenvalue weighted by atomic mass is 35.5. The Labute approximate surface area is 119 Å². The van der Waals surface area contributed by atoms with Crippen LogP contribution in [0.5, 0.6) is 0 Å². The maximum atomic E-state index is 11.9. The van der Waals surface area contributed by atoms with E-state index < -0.39 is 5.97 Å². The van der Waals surface area contributed by atoms with Crippen molar-refractivity contribution in [1.82, 2.24) is 4.98 Å². The first-order valence-corrected chi connectivity index (χ1v) is 6.09. The Morgan fingerprint density at radius 3 is 2.75 bits per heavy atom. The zero-order valence-electron chi connectivity index (χ0n) is 10.3. The molecule has 0 spiro atoms. The molecule has 0 bridgehead atoms. The van der Waals surface area contributed by atoms with Gasteiger partial charge in [0.2, 0.25) is 0 Å². The molecule has 2 rings (SSSR count). The molecule has 0 fully saturated rings. The number of carboxylic acids is 1. The molecule has 1 amide bonds. The fraction of sp³-hybridized carbons (Fsp3) is 0. The smallest absolute Gasteiger partial charge is 0.328 e. The topological polar surface area (TPSA) is 82.2 Å². The van der Waals surface area contributed by atoms with E-state index in [1.807, 2.05) is 0 Å². The summed E-state index contributed by atoms with van der Waals surface area (Å²) in [5, 5.41) is 11.7. The number of halogens is 1. The molecular formula is C14H11ClN2O3. The molecule has 1 aromatic carbocycles. The van der Waals surface area contributed by atoms with Crippen molar-refractivity contribution in [3.05, 3.63) is 58.9 Å². The number of aromatic amines is 1. The summed E-state index contributed by atoms with van der Waals surface area (Å²) in [6.45, 7) is 0. The Hall–Kier alpha value is -2.53. The van der Waals surface area contributed by atoms with Crippen LogP contribution >= 0.6 is 11.6 Å². The van der Waals surface area contributed by atoms with Crippen LogP contribution in [-0.2, 0) is 4.79 Å². The molecule has 102 valence electrons. The standard InChI is InChI=1S/C14H11ClN2O3/c15-10-7-12(16-8-10)14(20)17-11-3-1-2-9(6-11)4-5-13(18)19/h1-8,16H,(H,17,20)(H,18,19)/b5-4+. The van der Waals surface area contributed by atoms with Gasteiger partial charge < -0.3 is 15.4 Å². The van der Waals surface area contributed by atoms with E-state index >= 15 is 0 Å². The van der Waals surface area contributed by atoms with Gasteiger partial charge in [-0.1, -0.05) is 23.7 Å². The quantitative estimate of drug-likeness (QED) is 0.757. The SMILES string of the molecule is O=C(O)/C=C/c1cccc(NC(=O)c2cc(Cl)c[nH]2)c1. The Balaban J connectivity index is 2.11. The highest BCUT2D eigenvalue weighted by Crippen LogP contribution is 2.15. The third-order valence-electron chi connectivity index (χ3n) is 2.46. The van der Waals surface area contributed by atoms with Gasteiger partial charge in [0.1, 0.15) is 5.69 Å². The number of rotatable bonds is 4. The second kappa shape index (κ2) is 6.08. The van der Waals surface area contributed by atoms with Gasteiger partial charge in [-0.05, 0) is 29.8 Å². The van der Waals surface area contributed by atoms with Gasteiger partial charge in [0.25, 0.3) is 5.91 Å². The molecule has 0 aliphatic heterocycles. The lowest BCUT2D eigenvalue weighted by molar-refractivity contribution is -0.131. The molecule has 20 heavy (non-hydrogen) atoms. The van der Waals surface area contributed by atoms with E-state index in [-0.39, 0.29) is 5.91 Å². The molecule has 0 unspecified atom stereocenters. The van der Waals surface area contributed by atoms with Crippen molar-refractivity contribution in [2.24, 2.45) is 0 Å². The molecule has 5 nitrogen and oxygen atoms in total. The summed E-state index contributed by atoms with van der Waals surface area (Å²) in [5.41, 5.74) is 1.59. The number of benzene rings is 1. The molecule has 1 heterocycles. The molecule has 0 aliphatic carbocycles. The van der Waals surface area contributed by atoms with Crippen LogP contribution in [0.25, 0.3) is 6.08 Å². The molecule has 2 aromatic rings. The number of hydrogen-bond acceptors (Lipinski definition) is 2. The zero-order chi connectivity index (χ0) is 14.5. The lowest BCUT2D eigenvalue weighted by Gasteiger charge is -2.04. The minimum Gasteiger partial charge on any atom is -0.478 e. The number of carboxylic acid groups (broad SMARTS) is 1. The number of aliphatic carboxylic acids is 1. The number of nitrogens with one attached hydrogen (secondary N) is 2. The Morgan fingerprint density at radius 1 is 1.30 bits per heavy atom. The Bertz CT molecular complexity index is 677. The predicted molar refractivity (Wildman–Crippen MR) is 76.9 cm³/mol. The van der Waals surface area contributed by atoms with E-state index in [1.54, 1.807) is 24.3 Å². The van der Waals surface area contributed by atoms with Gasteiger partial charge in [0.05, 0.1) is 5.02 Å². The van der Waals surface area contributed by atoms with Crippen LogP contribution in [0, 0.1) is 0 Å². The van der Waals surface area contributed by atoms with Crippen molar-refractivity contribution >= 4 is 35.2 Å². The van der Waals surface area contributed by atoms with Crippen LogP contribution in [-0.4, -0.2) is 22.0 Å². The molecule has 6 heteroatoms. The van der Waals surface area contributed by atoms with Crippen LogP contribution in [0.3, 0.4) is 0 Å². The second-order valence-corrected chi connectivity index (χ2v) is 4.42. The number of amides is 1. The van der Waals surface area contributed by atoms with Crippen molar-refractivity contribution in [3.63, 3.8) is 0 Å². The molecule has 1 aromatic heterocycles. The van der Waals surface area contributed by atoms with Gasteiger partial charge in [-0.2, -0.15) is 0 Å². The first kappa shape index (κ1) is 13.9. The summed E-state index contributed by atoms with van der Waals surface area (Å²) in [7, 11) is 0. The van der Waals surface area contributed by atoms with Gasteiger partial charge in [-0.3, -0.25) is 4.79 Å². The largest absolute Gasteiger partial charge is 0.478 e. The van der Waals surface area contributed by atoms with Gasteiger partial charge in [0, 0.05) is 18.0 Å². The fourth-order valence-electron chi connectivity index (χ4n) is 1.59. The Kier molecular flexibility index (Phi) is 4.22. The minimum atomic E-state index is -1.03. The lowest BCUT2D eigenvalue weighted by Crippen LogP contribution is -2.12. The molecule has 3 N–H and O–H groups in total. The number of anilines is 1. The summed E-state index contributed by atoms with van der Waals surface area (Å²) < 4.78 is 0. The second-order valence-electron chi connectivity index (χ2n) is 3.98. The zero-order valence-corrected chi connectivity index (χ0v) is 11.0. The predicted octanol–water partition coefficient (Wildman–Crippen LogP) is 3.02. The highest BCUT2D eigenvalue weighted by Gasteiger charge is 2.08. The lowest BCUT2D eigenvalue weighted by atomic mass is 10.2. The maximum Gasteiger partial charge on any atom is 0.328 e. The van der Waals surface area contributed by atoms with Crippen molar-refractivity contribution < 1.29 is 14.7 Å². The number of hydrogen-bond donors (Lipinski definition) is 3. The monoisotopic (exact) mass is 290 g/mol. The van der Waals surface area contributed by atoms with E-state index in [9.17, 15) is 9.59 Å². The molecule has 0 aliphatic rings. The average Bonchev–Trinajstić information content (AvgIpc) is 2.84. The van der Waals surface area contributed by atoms with E-state index in [2.05, 4.69) is 10.3 Å². The third-order valence-corrected chi connectivity index (χ3v) is 2.67. The van der Waals surface area contributed by atoms with E-state index in [4.69, 9.17) is 16.7 Å². The maximum absolute atomic E-state index is 11.9. The average molecular weight is 291 g/mol. The molecule has 0 atom stereocenters. The number of carbonyl (C=O) groups excluding carboxylic acids is 1. The fourth-order valence-corrected chi connectivity index (χ4v) is 1.75. The molecule has 0 radical (unpaired) electrons. The normalized spacial score (nSPS) is 10.7. The Morgan fingerprint density at radius 2 is 2.10 bits per heavy atom. The molecule has 0 saturated heterocycles. The van der Waals surface area contributed by atoms with Crippen LogP contribution in [0.15, 0.2) is 42.6 Å². The van der Waals surface area contributed by atoms with Gasteiger partial charge in [-0.25, -0.2) is 4.79 Å². The van der Waals surface area contributed by atoms with E-state index in [0.29, 0.717) is 22.0 Å². The van der Waals surface area contributed by atoms with Gasteiger partial charge in [0.15, 0.2) is 0 Å². The van der Waals surface area contributed by atoms with Gasteiger partial charge in [-0.15, -0.1) is 0 Å². The summed E-state index contributed by atoms with van der Waals surface area (Å²) in [4.78, 5) is 25.1. The highest BCUT2D eigenvalue weighted by molar-refractivity contribution is 6.31. The first-order valence-electron chi connectivity index (χ1n) is 5.71. The number of aromatic nitrogens is 1. The first-order chi connectivity index (χ1) is 9.54. The summed E-state index contributed by atoms with van der Waals surface area (Å²) in [5.74, 6) is -1.35. The van der Waals surface area contributed by atoms with Crippen molar-refractivity contribution in [3.8, 4) is 0 Å².